The van der Waals surface area contributed by atoms with Crippen LogP contribution in [0.25, 0.3) is 0 Å². The highest BCUT2D eigenvalue weighted by Crippen LogP contribution is 2.36. The molecule has 0 fully saturated rings. The molecule has 1 aromatic rings. The van der Waals surface area contributed by atoms with Crippen LogP contribution in [0.5, 0.6) is 0 Å². The molecular weight excluding hydrogens is 171 g/mol. The average Bonchev–Trinajstić information content (AvgIpc) is 2.47. The number of hydrogen-bond donors (Lipinski definition) is 1. The van der Waals surface area contributed by atoms with E-state index < -0.39 is 0 Å². The minimum Gasteiger partial charge on any atom is -0.430 e. The minimum absolute atomic E-state index is 0.104. The molecule has 0 amide bonds. The molecule has 0 aromatic heterocycles. The fourth-order valence-corrected chi connectivity index (χ4v) is 2.46. The first-order valence-electron chi connectivity index (χ1n) is 3.87. The highest BCUT2D eigenvalue weighted by atomic mass is 32.2. The zero-order chi connectivity index (χ0) is 8.39. The van der Waals surface area contributed by atoms with Gasteiger partial charge in [0.05, 0.1) is 5.44 Å². The van der Waals surface area contributed by atoms with Crippen LogP contribution in [-0.2, 0) is 11.1 Å². The lowest BCUT2D eigenvalue weighted by Gasteiger charge is -2.05. The Morgan fingerprint density at radius 2 is 2.33 bits per heavy atom. The average molecular weight is 180 g/mol. The van der Waals surface area contributed by atoms with Gasteiger partial charge in [0.1, 0.15) is 0 Å². The highest BCUT2D eigenvalue weighted by molar-refractivity contribution is 8.00. The number of thioether (sulfide) groups is 1. The minimum atomic E-state index is -0.189. The Kier molecular flexibility index (Phi) is 2.39. The normalized spacial score (nSPS) is 20.6. The van der Waals surface area contributed by atoms with Crippen LogP contribution in [0.2, 0.25) is 0 Å². The summed E-state index contributed by atoms with van der Waals surface area (Å²) in [4.78, 5) is 1.27. The van der Waals surface area contributed by atoms with Crippen molar-refractivity contribution >= 4 is 19.4 Å². The predicted octanol–water partition coefficient (Wildman–Crippen LogP) is 0.936. The van der Waals surface area contributed by atoms with E-state index in [1.807, 2.05) is 12.1 Å². The molecule has 0 saturated heterocycles. The first-order chi connectivity index (χ1) is 5.90. The Hall–Kier alpha value is -0.445. The molecule has 0 spiro atoms. The van der Waals surface area contributed by atoms with E-state index in [9.17, 15) is 0 Å². The second kappa shape index (κ2) is 3.52. The van der Waals surface area contributed by atoms with E-state index in [1.54, 1.807) is 11.8 Å². The molecule has 1 aromatic carbocycles. The third-order valence-corrected chi connectivity index (χ3v) is 3.10. The van der Waals surface area contributed by atoms with E-state index in [2.05, 4.69) is 12.1 Å². The molecule has 1 atom stereocenters. The van der Waals surface area contributed by atoms with Gasteiger partial charge in [-0.2, -0.15) is 0 Å². The molecule has 2 nitrogen and oxygen atoms in total. The Morgan fingerprint density at radius 3 is 3.08 bits per heavy atom. The maximum absolute atomic E-state index is 8.57. The SMILES string of the molecule is OBOC1Cc2ccccc2S1. The Bertz CT molecular complexity index is 255. The summed E-state index contributed by atoms with van der Waals surface area (Å²) in [5.41, 5.74) is 1.42. The molecule has 62 valence electrons. The molecule has 1 unspecified atom stereocenters. The largest absolute Gasteiger partial charge is 0.436 e. The summed E-state index contributed by atoms with van der Waals surface area (Å²) in [5, 5.41) is 8.57. The first-order valence-corrected chi connectivity index (χ1v) is 4.75. The van der Waals surface area contributed by atoms with E-state index in [-0.39, 0.29) is 13.1 Å². The van der Waals surface area contributed by atoms with E-state index in [0.29, 0.717) is 0 Å². The third-order valence-electron chi connectivity index (χ3n) is 1.88. The number of hydrogen-bond acceptors (Lipinski definition) is 3. The molecule has 1 heterocycles. The van der Waals surface area contributed by atoms with Crippen LogP contribution in [-0.4, -0.2) is 18.1 Å². The topological polar surface area (TPSA) is 29.5 Å². The molecule has 0 saturated carbocycles. The van der Waals surface area contributed by atoms with Gasteiger partial charge in [0, 0.05) is 11.3 Å². The van der Waals surface area contributed by atoms with Crippen LogP contribution in [0, 0.1) is 0 Å². The second-order valence-corrected chi connectivity index (χ2v) is 3.86. The van der Waals surface area contributed by atoms with Crippen molar-refractivity contribution in [2.45, 2.75) is 16.8 Å². The summed E-state index contributed by atoms with van der Waals surface area (Å²) in [6.07, 6.45) is 0.904. The lowest BCUT2D eigenvalue weighted by molar-refractivity contribution is 0.263. The lowest BCUT2D eigenvalue weighted by atomic mass is 10.2. The van der Waals surface area contributed by atoms with Crippen LogP contribution in [0.3, 0.4) is 0 Å². The Morgan fingerprint density at radius 1 is 1.50 bits per heavy atom. The molecule has 0 bridgehead atoms. The van der Waals surface area contributed by atoms with Crippen LogP contribution >= 0.6 is 11.8 Å². The van der Waals surface area contributed by atoms with Crippen molar-refractivity contribution in [3.05, 3.63) is 29.8 Å². The summed E-state index contributed by atoms with van der Waals surface area (Å²) in [6.45, 7) is 0. The molecule has 0 aliphatic carbocycles. The van der Waals surface area contributed by atoms with Gasteiger partial charge in [0.15, 0.2) is 0 Å². The summed E-state index contributed by atoms with van der Waals surface area (Å²) in [6, 6.07) is 8.23. The molecule has 0 radical (unpaired) electrons. The molecule has 4 heteroatoms. The van der Waals surface area contributed by atoms with Gasteiger partial charge in [-0.15, -0.1) is 0 Å². The van der Waals surface area contributed by atoms with Crippen molar-refractivity contribution in [3.63, 3.8) is 0 Å². The van der Waals surface area contributed by atoms with Crippen LogP contribution in [0.1, 0.15) is 5.56 Å². The Balaban J connectivity index is 2.11. The fourth-order valence-electron chi connectivity index (χ4n) is 1.33. The lowest BCUT2D eigenvalue weighted by Crippen LogP contribution is -2.09. The standard InChI is InChI=1S/C8H9BO2S/c10-9-11-8-5-6-3-1-2-4-7(6)12-8/h1-4,8-10H,5H2. The molecule has 2 rings (SSSR count). The van der Waals surface area contributed by atoms with Gasteiger partial charge in [0.25, 0.3) is 0 Å². The van der Waals surface area contributed by atoms with Gasteiger partial charge in [-0.1, -0.05) is 30.0 Å². The van der Waals surface area contributed by atoms with Crippen molar-refractivity contribution in [3.8, 4) is 0 Å². The molecule has 12 heavy (non-hydrogen) atoms. The van der Waals surface area contributed by atoms with E-state index in [1.165, 1.54) is 10.5 Å². The third kappa shape index (κ3) is 1.51. The van der Waals surface area contributed by atoms with Crippen LogP contribution in [0.4, 0.5) is 0 Å². The predicted molar refractivity (Wildman–Crippen MR) is 50.2 cm³/mol. The van der Waals surface area contributed by atoms with E-state index in [4.69, 9.17) is 9.68 Å². The van der Waals surface area contributed by atoms with Gasteiger partial charge in [-0.05, 0) is 11.6 Å². The van der Waals surface area contributed by atoms with Gasteiger partial charge < -0.3 is 9.68 Å². The number of rotatable bonds is 2. The number of benzene rings is 1. The molecule has 1 aliphatic heterocycles. The van der Waals surface area contributed by atoms with Crippen molar-refractivity contribution in [1.82, 2.24) is 0 Å². The molecule has 1 N–H and O–H groups in total. The van der Waals surface area contributed by atoms with Gasteiger partial charge in [-0.3, -0.25) is 0 Å². The maximum atomic E-state index is 8.57. The van der Waals surface area contributed by atoms with Gasteiger partial charge in [-0.25, -0.2) is 0 Å². The summed E-state index contributed by atoms with van der Waals surface area (Å²) >= 11 is 1.68. The summed E-state index contributed by atoms with van der Waals surface area (Å²) < 4.78 is 5.10. The van der Waals surface area contributed by atoms with E-state index >= 15 is 0 Å². The summed E-state index contributed by atoms with van der Waals surface area (Å²) in [7, 11) is -0.189. The summed E-state index contributed by atoms with van der Waals surface area (Å²) in [5.74, 6) is 0. The second-order valence-electron chi connectivity index (χ2n) is 2.66. The van der Waals surface area contributed by atoms with E-state index in [0.717, 1.165) is 6.42 Å². The maximum Gasteiger partial charge on any atom is 0.436 e. The smallest absolute Gasteiger partial charge is 0.430 e. The van der Waals surface area contributed by atoms with Crippen molar-refractivity contribution in [2.24, 2.45) is 0 Å². The Labute approximate surface area is 76.2 Å². The first kappa shape index (κ1) is 8.17. The quantitative estimate of drug-likeness (QED) is 0.686. The van der Waals surface area contributed by atoms with Gasteiger partial charge in [0.2, 0.25) is 0 Å². The highest BCUT2D eigenvalue weighted by Gasteiger charge is 2.21. The number of fused-ring (bicyclic) bond motifs is 1. The van der Waals surface area contributed by atoms with Crippen molar-refractivity contribution in [1.29, 1.82) is 0 Å². The molecule has 1 aliphatic rings. The van der Waals surface area contributed by atoms with Crippen molar-refractivity contribution < 1.29 is 9.68 Å². The zero-order valence-corrected chi connectivity index (χ0v) is 7.38. The zero-order valence-electron chi connectivity index (χ0n) is 6.56. The van der Waals surface area contributed by atoms with Crippen molar-refractivity contribution in [2.75, 3.05) is 0 Å². The van der Waals surface area contributed by atoms with Gasteiger partial charge >= 0.3 is 7.69 Å². The fraction of sp³-hybridized carbons (Fsp3) is 0.250. The van der Waals surface area contributed by atoms with Crippen LogP contribution in [0.15, 0.2) is 29.2 Å². The van der Waals surface area contributed by atoms with Crippen LogP contribution < -0.4 is 0 Å². The molecular formula is C8H9BO2S. The monoisotopic (exact) mass is 180 g/mol.